The normalized spacial score (nSPS) is 22.5. The zero-order valence-electron chi connectivity index (χ0n) is 11.6. The standard InChI is InChI=1S/C15H23N3O/c1-12(19)14-4-5-15(16-10-14)18-8-6-17(7-9-18)11-13-2-3-13/h4-5,10,12-13,19H,2-3,6-9,11H2,1H3/t12-/m1/s1. The maximum Gasteiger partial charge on any atom is 0.128 e. The molecule has 2 heterocycles. The van der Waals surface area contributed by atoms with E-state index in [0.717, 1.165) is 43.5 Å². The van der Waals surface area contributed by atoms with Gasteiger partial charge >= 0.3 is 0 Å². The molecule has 1 aliphatic heterocycles. The van der Waals surface area contributed by atoms with Gasteiger partial charge in [0.25, 0.3) is 0 Å². The lowest BCUT2D eigenvalue weighted by Crippen LogP contribution is -2.47. The molecule has 2 fully saturated rings. The summed E-state index contributed by atoms with van der Waals surface area (Å²) in [5, 5.41) is 9.49. The Labute approximate surface area is 115 Å². The summed E-state index contributed by atoms with van der Waals surface area (Å²) in [4.78, 5) is 9.39. The predicted molar refractivity (Wildman–Crippen MR) is 76.2 cm³/mol. The second kappa shape index (κ2) is 5.47. The number of aliphatic hydroxyl groups is 1. The molecular weight excluding hydrogens is 238 g/mol. The summed E-state index contributed by atoms with van der Waals surface area (Å²) in [6.45, 7) is 7.49. The quantitative estimate of drug-likeness (QED) is 0.895. The largest absolute Gasteiger partial charge is 0.389 e. The molecule has 1 aromatic rings. The Hall–Kier alpha value is -1.13. The second-order valence-corrected chi connectivity index (χ2v) is 5.86. The van der Waals surface area contributed by atoms with E-state index in [1.807, 2.05) is 12.1 Å². The first-order valence-corrected chi connectivity index (χ1v) is 7.33. The SMILES string of the molecule is C[C@@H](O)c1ccc(N2CCN(CC3CC3)CC2)nc1. The van der Waals surface area contributed by atoms with Gasteiger partial charge in [-0.25, -0.2) is 4.98 Å². The third kappa shape index (κ3) is 3.25. The van der Waals surface area contributed by atoms with E-state index in [-0.39, 0.29) is 0 Å². The summed E-state index contributed by atoms with van der Waals surface area (Å²) in [5.74, 6) is 2.02. The number of aromatic nitrogens is 1. The Balaban J connectivity index is 1.55. The average Bonchev–Trinajstić information content (AvgIpc) is 3.24. The van der Waals surface area contributed by atoms with Gasteiger partial charge in [-0.2, -0.15) is 0 Å². The molecule has 4 nitrogen and oxygen atoms in total. The summed E-state index contributed by atoms with van der Waals surface area (Å²) >= 11 is 0. The second-order valence-electron chi connectivity index (χ2n) is 5.86. The van der Waals surface area contributed by atoms with Gasteiger partial charge in [-0.3, -0.25) is 4.90 Å². The molecule has 0 unspecified atom stereocenters. The van der Waals surface area contributed by atoms with Gasteiger partial charge in [0, 0.05) is 38.9 Å². The van der Waals surface area contributed by atoms with Gasteiger partial charge in [0.1, 0.15) is 5.82 Å². The van der Waals surface area contributed by atoms with Crippen molar-refractivity contribution in [3.63, 3.8) is 0 Å². The van der Waals surface area contributed by atoms with Crippen LogP contribution in [0.25, 0.3) is 0 Å². The van der Waals surface area contributed by atoms with Crippen molar-refractivity contribution in [2.75, 3.05) is 37.6 Å². The maximum atomic E-state index is 9.49. The van der Waals surface area contributed by atoms with Crippen molar-refractivity contribution in [3.05, 3.63) is 23.9 Å². The third-order valence-corrected chi connectivity index (χ3v) is 4.16. The topological polar surface area (TPSA) is 39.6 Å². The monoisotopic (exact) mass is 261 g/mol. The first kappa shape index (κ1) is 12.9. The highest BCUT2D eigenvalue weighted by atomic mass is 16.3. The Kier molecular flexibility index (Phi) is 3.71. The van der Waals surface area contributed by atoms with Crippen LogP contribution in [0, 0.1) is 5.92 Å². The van der Waals surface area contributed by atoms with Crippen LogP contribution in [0.5, 0.6) is 0 Å². The van der Waals surface area contributed by atoms with Crippen molar-refractivity contribution < 1.29 is 5.11 Å². The molecule has 0 spiro atoms. The molecule has 1 aromatic heterocycles. The van der Waals surface area contributed by atoms with E-state index in [9.17, 15) is 5.11 Å². The lowest BCUT2D eigenvalue weighted by atomic mass is 10.2. The minimum atomic E-state index is -0.433. The molecule has 0 radical (unpaired) electrons. The molecule has 1 saturated carbocycles. The van der Waals surface area contributed by atoms with Crippen LogP contribution in [0.4, 0.5) is 5.82 Å². The van der Waals surface area contributed by atoms with Crippen molar-refractivity contribution in [1.29, 1.82) is 0 Å². The number of pyridine rings is 1. The van der Waals surface area contributed by atoms with E-state index >= 15 is 0 Å². The first-order valence-electron chi connectivity index (χ1n) is 7.33. The van der Waals surface area contributed by atoms with Gasteiger partial charge in [0.15, 0.2) is 0 Å². The fourth-order valence-electron chi connectivity index (χ4n) is 2.66. The summed E-state index contributed by atoms with van der Waals surface area (Å²) < 4.78 is 0. The molecule has 104 valence electrons. The van der Waals surface area contributed by atoms with Crippen LogP contribution in [-0.2, 0) is 0 Å². The van der Waals surface area contributed by atoms with E-state index in [4.69, 9.17) is 0 Å². The molecule has 0 bridgehead atoms. The van der Waals surface area contributed by atoms with E-state index < -0.39 is 6.10 Å². The van der Waals surface area contributed by atoms with Crippen LogP contribution in [0.15, 0.2) is 18.3 Å². The molecule has 3 rings (SSSR count). The molecule has 19 heavy (non-hydrogen) atoms. The van der Waals surface area contributed by atoms with E-state index in [1.165, 1.54) is 19.4 Å². The fourth-order valence-corrected chi connectivity index (χ4v) is 2.66. The molecular formula is C15H23N3O. The lowest BCUT2D eigenvalue weighted by molar-refractivity contribution is 0.199. The predicted octanol–water partition coefficient (Wildman–Crippen LogP) is 1.67. The fraction of sp³-hybridized carbons (Fsp3) is 0.667. The number of hydrogen-bond acceptors (Lipinski definition) is 4. The number of nitrogens with zero attached hydrogens (tertiary/aromatic N) is 3. The Morgan fingerprint density at radius 3 is 2.53 bits per heavy atom. The maximum absolute atomic E-state index is 9.49. The number of hydrogen-bond donors (Lipinski definition) is 1. The van der Waals surface area contributed by atoms with Gasteiger partial charge < -0.3 is 10.0 Å². The zero-order valence-corrected chi connectivity index (χ0v) is 11.6. The molecule has 0 amide bonds. The van der Waals surface area contributed by atoms with Crippen LogP contribution in [0.3, 0.4) is 0 Å². The summed E-state index contributed by atoms with van der Waals surface area (Å²) in [7, 11) is 0. The molecule has 2 aliphatic rings. The van der Waals surface area contributed by atoms with Crippen molar-refractivity contribution in [3.8, 4) is 0 Å². The van der Waals surface area contributed by atoms with Crippen LogP contribution in [0.1, 0.15) is 31.4 Å². The van der Waals surface area contributed by atoms with Crippen LogP contribution in [-0.4, -0.2) is 47.7 Å². The van der Waals surface area contributed by atoms with Crippen molar-refractivity contribution in [2.45, 2.75) is 25.9 Å². The Bertz CT molecular complexity index is 406. The van der Waals surface area contributed by atoms with Gasteiger partial charge in [-0.05, 0) is 37.3 Å². The zero-order chi connectivity index (χ0) is 13.2. The van der Waals surface area contributed by atoms with Crippen LogP contribution in [0.2, 0.25) is 0 Å². The summed E-state index contributed by atoms with van der Waals surface area (Å²) in [5.41, 5.74) is 0.885. The highest BCUT2D eigenvalue weighted by molar-refractivity contribution is 5.40. The number of piperazine rings is 1. The molecule has 1 atom stereocenters. The number of rotatable bonds is 4. The highest BCUT2D eigenvalue weighted by Crippen LogP contribution is 2.30. The molecule has 1 aliphatic carbocycles. The average molecular weight is 261 g/mol. The number of aliphatic hydroxyl groups excluding tert-OH is 1. The van der Waals surface area contributed by atoms with E-state index in [1.54, 1.807) is 13.1 Å². The summed E-state index contributed by atoms with van der Waals surface area (Å²) in [6.07, 6.45) is 4.22. The molecule has 0 aromatic carbocycles. The molecule has 1 N–H and O–H groups in total. The lowest BCUT2D eigenvalue weighted by Gasteiger charge is -2.35. The van der Waals surface area contributed by atoms with Crippen molar-refractivity contribution in [1.82, 2.24) is 9.88 Å². The van der Waals surface area contributed by atoms with Gasteiger partial charge in [0.2, 0.25) is 0 Å². The van der Waals surface area contributed by atoms with Gasteiger partial charge in [-0.15, -0.1) is 0 Å². The summed E-state index contributed by atoms with van der Waals surface area (Å²) in [6, 6.07) is 4.00. The Morgan fingerprint density at radius 2 is 2.00 bits per heavy atom. The van der Waals surface area contributed by atoms with E-state index in [0.29, 0.717) is 0 Å². The van der Waals surface area contributed by atoms with Crippen LogP contribution < -0.4 is 4.90 Å². The minimum Gasteiger partial charge on any atom is -0.389 e. The Morgan fingerprint density at radius 1 is 1.26 bits per heavy atom. The molecule has 4 heteroatoms. The smallest absolute Gasteiger partial charge is 0.128 e. The third-order valence-electron chi connectivity index (χ3n) is 4.16. The minimum absolute atomic E-state index is 0.433. The van der Waals surface area contributed by atoms with Gasteiger partial charge in [-0.1, -0.05) is 6.07 Å². The van der Waals surface area contributed by atoms with Crippen LogP contribution >= 0.6 is 0 Å². The number of anilines is 1. The van der Waals surface area contributed by atoms with Crippen molar-refractivity contribution >= 4 is 5.82 Å². The highest BCUT2D eigenvalue weighted by Gasteiger charge is 2.26. The van der Waals surface area contributed by atoms with E-state index in [2.05, 4.69) is 14.8 Å². The van der Waals surface area contributed by atoms with Crippen molar-refractivity contribution in [2.24, 2.45) is 5.92 Å². The molecule has 1 saturated heterocycles. The van der Waals surface area contributed by atoms with Gasteiger partial charge in [0.05, 0.1) is 6.10 Å². The first-order chi connectivity index (χ1) is 9.22.